The third kappa shape index (κ3) is 2.85. The molecule has 1 fully saturated rings. The first kappa shape index (κ1) is 11.2. The fourth-order valence-electron chi connectivity index (χ4n) is 2.45. The van der Waals surface area contributed by atoms with Crippen LogP contribution in [0.3, 0.4) is 0 Å². The van der Waals surface area contributed by atoms with Crippen LogP contribution in [0.25, 0.3) is 0 Å². The van der Waals surface area contributed by atoms with Crippen LogP contribution < -0.4 is 5.32 Å². The molecule has 1 heterocycles. The van der Waals surface area contributed by atoms with E-state index in [9.17, 15) is 0 Å². The molecule has 92 valence electrons. The maximum Gasteiger partial charge on any atom is 0.0605 e. The summed E-state index contributed by atoms with van der Waals surface area (Å²) in [7, 11) is 0. The lowest BCUT2D eigenvalue weighted by atomic mass is 10.2. The Morgan fingerprint density at radius 1 is 1.35 bits per heavy atom. The summed E-state index contributed by atoms with van der Waals surface area (Å²) in [4.78, 5) is 4.47. The molecular formula is C14H20N2O. The molecule has 3 nitrogen and oxygen atoms in total. The van der Waals surface area contributed by atoms with Crippen LogP contribution in [0.15, 0.2) is 18.3 Å². The standard InChI is InChI=1S/C14H20N2O/c1-2-12-5-6-13(14(12)16-7-1)15-8-9-17-10-11-3-4-11/h1-2,7,11,13,15H,3-6,8-10H2. The number of nitrogens with zero attached hydrogens (tertiary/aromatic N) is 1. The van der Waals surface area contributed by atoms with Gasteiger partial charge in [-0.05, 0) is 43.2 Å². The molecule has 0 saturated heterocycles. The molecule has 0 amide bonds. The molecule has 1 aromatic heterocycles. The molecule has 1 saturated carbocycles. The minimum absolute atomic E-state index is 0.440. The minimum Gasteiger partial charge on any atom is -0.380 e. The van der Waals surface area contributed by atoms with Crippen molar-refractivity contribution in [1.82, 2.24) is 10.3 Å². The Balaban J connectivity index is 1.40. The van der Waals surface area contributed by atoms with Crippen molar-refractivity contribution < 1.29 is 4.74 Å². The molecule has 0 radical (unpaired) electrons. The van der Waals surface area contributed by atoms with Gasteiger partial charge in [-0.1, -0.05) is 6.07 Å². The van der Waals surface area contributed by atoms with Crippen molar-refractivity contribution in [1.29, 1.82) is 0 Å². The van der Waals surface area contributed by atoms with Crippen LogP contribution in [0.4, 0.5) is 0 Å². The molecule has 2 aliphatic carbocycles. The third-order valence-electron chi connectivity index (χ3n) is 3.65. The van der Waals surface area contributed by atoms with E-state index in [2.05, 4.69) is 16.4 Å². The Kier molecular flexibility index (Phi) is 3.39. The van der Waals surface area contributed by atoms with Gasteiger partial charge < -0.3 is 10.1 Å². The average molecular weight is 232 g/mol. The summed E-state index contributed by atoms with van der Waals surface area (Å²) in [6.45, 7) is 2.73. The predicted molar refractivity (Wildman–Crippen MR) is 66.8 cm³/mol. The van der Waals surface area contributed by atoms with Crippen molar-refractivity contribution in [2.45, 2.75) is 31.7 Å². The zero-order valence-electron chi connectivity index (χ0n) is 10.2. The second-order valence-electron chi connectivity index (χ2n) is 5.11. The minimum atomic E-state index is 0.440. The monoisotopic (exact) mass is 232 g/mol. The highest BCUT2D eigenvalue weighted by Crippen LogP contribution is 2.29. The summed E-state index contributed by atoms with van der Waals surface area (Å²) in [6.07, 6.45) is 6.96. The lowest BCUT2D eigenvalue weighted by Crippen LogP contribution is -2.24. The number of pyridine rings is 1. The molecule has 2 aliphatic rings. The summed E-state index contributed by atoms with van der Waals surface area (Å²) in [5, 5.41) is 3.54. The Bertz CT molecular complexity index is 376. The first-order valence-electron chi connectivity index (χ1n) is 6.68. The number of aryl methyl sites for hydroxylation is 1. The Labute approximate surface area is 103 Å². The van der Waals surface area contributed by atoms with Crippen LogP contribution >= 0.6 is 0 Å². The number of ether oxygens (including phenoxy) is 1. The van der Waals surface area contributed by atoms with Crippen molar-refractivity contribution in [3.63, 3.8) is 0 Å². The lowest BCUT2D eigenvalue weighted by molar-refractivity contribution is 0.124. The zero-order chi connectivity index (χ0) is 11.5. The van der Waals surface area contributed by atoms with Gasteiger partial charge >= 0.3 is 0 Å². The van der Waals surface area contributed by atoms with E-state index in [0.29, 0.717) is 6.04 Å². The fourth-order valence-corrected chi connectivity index (χ4v) is 2.45. The number of hydrogen-bond donors (Lipinski definition) is 1. The largest absolute Gasteiger partial charge is 0.380 e. The highest BCUT2D eigenvalue weighted by molar-refractivity contribution is 5.27. The van der Waals surface area contributed by atoms with E-state index in [1.165, 1.54) is 30.5 Å². The second kappa shape index (κ2) is 5.15. The molecule has 0 aliphatic heterocycles. The van der Waals surface area contributed by atoms with E-state index >= 15 is 0 Å². The molecule has 17 heavy (non-hydrogen) atoms. The summed E-state index contributed by atoms with van der Waals surface area (Å²) >= 11 is 0. The quantitative estimate of drug-likeness (QED) is 0.763. The van der Waals surface area contributed by atoms with Crippen molar-refractivity contribution in [3.05, 3.63) is 29.6 Å². The smallest absolute Gasteiger partial charge is 0.0605 e. The van der Waals surface area contributed by atoms with Crippen molar-refractivity contribution in [2.75, 3.05) is 19.8 Å². The summed E-state index contributed by atoms with van der Waals surface area (Å²) in [6, 6.07) is 4.66. The maximum absolute atomic E-state index is 5.62. The van der Waals surface area contributed by atoms with Crippen molar-refractivity contribution in [2.24, 2.45) is 5.92 Å². The third-order valence-corrected chi connectivity index (χ3v) is 3.65. The van der Waals surface area contributed by atoms with Gasteiger partial charge in [0.05, 0.1) is 18.3 Å². The SMILES string of the molecule is c1cnc2c(c1)CCC2NCCOCC1CC1. The van der Waals surface area contributed by atoms with E-state index in [-0.39, 0.29) is 0 Å². The van der Waals surface area contributed by atoms with Crippen LogP contribution in [0.2, 0.25) is 0 Å². The topological polar surface area (TPSA) is 34.2 Å². The van der Waals surface area contributed by atoms with Gasteiger partial charge in [0.15, 0.2) is 0 Å². The van der Waals surface area contributed by atoms with Crippen LogP contribution in [0.1, 0.15) is 36.6 Å². The number of aromatic nitrogens is 1. The highest BCUT2D eigenvalue weighted by atomic mass is 16.5. The van der Waals surface area contributed by atoms with Crippen LogP contribution in [-0.4, -0.2) is 24.7 Å². The summed E-state index contributed by atoms with van der Waals surface area (Å²) in [5.41, 5.74) is 2.65. The number of hydrogen-bond acceptors (Lipinski definition) is 3. The van der Waals surface area contributed by atoms with E-state index in [1.54, 1.807) is 0 Å². The van der Waals surface area contributed by atoms with Gasteiger partial charge in [-0.2, -0.15) is 0 Å². The first-order chi connectivity index (χ1) is 8.43. The zero-order valence-corrected chi connectivity index (χ0v) is 10.2. The molecule has 0 bridgehead atoms. The second-order valence-corrected chi connectivity index (χ2v) is 5.11. The van der Waals surface area contributed by atoms with E-state index in [0.717, 1.165) is 32.1 Å². The molecule has 1 aromatic rings. The molecule has 0 aromatic carbocycles. The Hall–Kier alpha value is -0.930. The normalized spacial score (nSPS) is 22.7. The van der Waals surface area contributed by atoms with E-state index in [1.807, 2.05) is 12.3 Å². The van der Waals surface area contributed by atoms with Crippen LogP contribution in [0.5, 0.6) is 0 Å². The number of fused-ring (bicyclic) bond motifs is 1. The van der Waals surface area contributed by atoms with Gasteiger partial charge in [-0.3, -0.25) is 4.98 Å². The highest BCUT2D eigenvalue weighted by Gasteiger charge is 2.23. The molecule has 1 N–H and O–H groups in total. The lowest BCUT2D eigenvalue weighted by Gasteiger charge is -2.13. The fraction of sp³-hybridized carbons (Fsp3) is 0.643. The first-order valence-corrected chi connectivity index (χ1v) is 6.68. The molecule has 1 atom stereocenters. The molecule has 3 rings (SSSR count). The van der Waals surface area contributed by atoms with Gasteiger partial charge in [0.2, 0.25) is 0 Å². The van der Waals surface area contributed by atoms with Gasteiger partial charge in [0.25, 0.3) is 0 Å². The maximum atomic E-state index is 5.62. The predicted octanol–water partition coefficient (Wildman–Crippen LogP) is 2.09. The summed E-state index contributed by atoms with van der Waals surface area (Å²) < 4.78 is 5.62. The molecular weight excluding hydrogens is 212 g/mol. The Morgan fingerprint density at radius 2 is 2.29 bits per heavy atom. The Morgan fingerprint density at radius 3 is 3.18 bits per heavy atom. The van der Waals surface area contributed by atoms with Gasteiger partial charge in [-0.25, -0.2) is 0 Å². The van der Waals surface area contributed by atoms with Crippen LogP contribution in [-0.2, 0) is 11.2 Å². The van der Waals surface area contributed by atoms with E-state index < -0.39 is 0 Å². The molecule has 3 heteroatoms. The number of nitrogens with one attached hydrogen (secondary N) is 1. The van der Waals surface area contributed by atoms with Crippen molar-refractivity contribution >= 4 is 0 Å². The van der Waals surface area contributed by atoms with Crippen molar-refractivity contribution in [3.8, 4) is 0 Å². The molecule has 1 unspecified atom stereocenters. The van der Waals surface area contributed by atoms with Gasteiger partial charge in [-0.15, -0.1) is 0 Å². The average Bonchev–Trinajstić information content (AvgIpc) is 3.09. The van der Waals surface area contributed by atoms with Crippen LogP contribution in [0, 0.1) is 5.92 Å². The van der Waals surface area contributed by atoms with Gasteiger partial charge in [0, 0.05) is 19.3 Å². The number of rotatable bonds is 6. The molecule has 0 spiro atoms. The van der Waals surface area contributed by atoms with Gasteiger partial charge in [0.1, 0.15) is 0 Å². The van der Waals surface area contributed by atoms with E-state index in [4.69, 9.17) is 4.74 Å². The summed E-state index contributed by atoms with van der Waals surface area (Å²) in [5.74, 6) is 0.865.